The molecule has 6 nitrogen and oxygen atoms in total. The molecule has 0 saturated heterocycles. The van der Waals surface area contributed by atoms with Crippen molar-refractivity contribution in [3.8, 4) is 0 Å². The lowest BCUT2D eigenvalue weighted by atomic mass is 10.2. The highest BCUT2D eigenvalue weighted by molar-refractivity contribution is 7.98. The van der Waals surface area contributed by atoms with Gasteiger partial charge in [0, 0.05) is 5.56 Å². The molecule has 0 amide bonds. The zero-order chi connectivity index (χ0) is 20.4. The number of thiazole rings is 1. The molecule has 0 fully saturated rings. The molecule has 0 radical (unpaired) electrons. The molecule has 0 aliphatic carbocycles. The fourth-order valence-corrected chi connectivity index (χ4v) is 6.17. The van der Waals surface area contributed by atoms with Gasteiger partial charge in [-0.3, -0.25) is 0 Å². The van der Waals surface area contributed by atoms with Crippen LogP contribution in [0.3, 0.4) is 0 Å². The van der Waals surface area contributed by atoms with Crippen LogP contribution in [-0.4, -0.2) is 31.6 Å². The number of sulfonamides is 1. The molecule has 10 heteroatoms. The number of hydrogen-bond acceptors (Lipinski definition) is 6. The van der Waals surface area contributed by atoms with E-state index in [4.69, 9.17) is 4.74 Å². The van der Waals surface area contributed by atoms with E-state index in [1.807, 2.05) is 0 Å². The van der Waals surface area contributed by atoms with Crippen LogP contribution in [-0.2, 0) is 14.8 Å². The minimum atomic E-state index is -4.09. The minimum Gasteiger partial charge on any atom is -0.455 e. The fourth-order valence-electron chi connectivity index (χ4n) is 2.12. The fraction of sp³-hybridized carbons (Fsp3) is 0.294. The molecule has 1 atom stereocenters. The topological polar surface area (TPSA) is 76.6 Å². The third kappa shape index (κ3) is 4.72. The second-order valence-corrected chi connectivity index (χ2v) is 10.2. The van der Waals surface area contributed by atoms with Crippen molar-refractivity contribution in [1.29, 1.82) is 0 Å². The molecule has 1 heterocycles. The molecule has 0 spiro atoms. The van der Waals surface area contributed by atoms with E-state index in [1.165, 1.54) is 23.7 Å². The van der Waals surface area contributed by atoms with Crippen LogP contribution >= 0.6 is 20.1 Å². The summed E-state index contributed by atoms with van der Waals surface area (Å²) in [4.78, 5) is 16.2. The van der Waals surface area contributed by atoms with E-state index in [1.54, 1.807) is 27.4 Å². The molecule has 0 aliphatic rings. The van der Waals surface area contributed by atoms with Crippen molar-refractivity contribution in [3.63, 3.8) is 0 Å². The second-order valence-electron chi connectivity index (χ2n) is 6.39. The SMILES string of the molecule is C=Cc1ccc(S(=O)(=O)N(PC)c2scnc2C(=O)OC(C)(C)C)cc1F. The van der Waals surface area contributed by atoms with Crippen molar-refractivity contribution < 1.29 is 22.3 Å². The zero-order valence-corrected chi connectivity index (χ0v) is 17.9. The molecule has 0 saturated carbocycles. The number of carbonyl (C=O) groups excluding carboxylic acids is 1. The van der Waals surface area contributed by atoms with Gasteiger partial charge < -0.3 is 4.74 Å². The third-order valence-corrected chi connectivity index (χ3v) is 7.76. The van der Waals surface area contributed by atoms with Crippen LogP contribution in [0.2, 0.25) is 0 Å². The van der Waals surface area contributed by atoms with Crippen LogP contribution in [0.4, 0.5) is 9.39 Å². The first-order valence-electron chi connectivity index (χ1n) is 7.83. The van der Waals surface area contributed by atoms with Gasteiger partial charge in [-0.2, -0.15) is 0 Å². The summed E-state index contributed by atoms with van der Waals surface area (Å²) in [5.74, 6) is -1.41. The van der Waals surface area contributed by atoms with E-state index in [9.17, 15) is 17.6 Å². The maximum atomic E-state index is 14.0. The molecule has 0 bridgehead atoms. The summed E-state index contributed by atoms with van der Waals surface area (Å²) < 4.78 is 46.5. The number of nitrogens with zero attached hydrogens (tertiary/aromatic N) is 2. The smallest absolute Gasteiger partial charge is 0.360 e. The highest BCUT2D eigenvalue weighted by atomic mass is 32.2. The highest BCUT2D eigenvalue weighted by Crippen LogP contribution is 2.38. The van der Waals surface area contributed by atoms with E-state index in [0.717, 1.165) is 21.5 Å². The number of rotatable bonds is 6. The molecule has 1 aromatic heterocycles. The second kappa shape index (κ2) is 8.04. The molecular formula is C17H20FN2O4PS2. The monoisotopic (exact) mass is 430 g/mol. The Bertz CT molecular complexity index is 968. The Morgan fingerprint density at radius 1 is 1.41 bits per heavy atom. The Hall–Kier alpha value is -1.83. The van der Waals surface area contributed by atoms with E-state index in [2.05, 4.69) is 11.6 Å². The van der Waals surface area contributed by atoms with Crippen molar-refractivity contribution in [2.24, 2.45) is 0 Å². The van der Waals surface area contributed by atoms with Crippen LogP contribution < -0.4 is 4.08 Å². The molecule has 1 unspecified atom stereocenters. The summed E-state index contributed by atoms with van der Waals surface area (Å²) in [5.41, 5.74) is 0.737. The Labute approximate surface area is 164 Å². The number of anilines is 1. The average molecular weight is 430 g/mol. The van der Waals surface area contributed by atoms with Crippen molar-refractivity contribution in [1.82, 2.24) is 4.98 Å². The molecule has 0 N–H and O–H groups in total. The Balaban J connectivity index is 2.48. The number of aromatic nitrogens is 1. The summed E-state index contributed by atoms with van der Waals surface area (Å²) in [6.07, 6.45) is 1.30. The van der Waals surface area contributed by atoms with Crippen LogP contribution in [0.1, 0.15) is 36.8 Å². The molecule has 27 heavy (non-hydrogen) atoms. The summed E-state index contributed by atoms with van der Waals surface area (Å²) in [5, 5.41) is 0.137. The number of hydrogen-bond donors (Lipinski definition) is 0. The van der Waals surface area contributed by atoms with Gasteiger partial charge >= 0.3 is 5.97 Å². The minimum absolute atomic E-state index is 0.0870. The molecule has 2 rings (SSSR count). The lowest BCUT2D eigenvalue weighted by Crippen LogP contribution is -2.27. The quantitative estimate of drug-likeness (QED) is 0.505. The largest absolute Gasteiger partial charge is 0.455 e. The normalized spacial score (nSPS) is 12.3. The van der Waals surface area contributed by atoms with Gasteiger partial charge in [-0.15, -0.1) is 11.3 Å². The Kier molecular flexibility index (Phi) is 6.39. The van der Waals surface area contributed by atoms with Gasteiger partial charge in [0.25, 0.3) is 10.0 Å². The zero-order valence-electron chi connectivity index (χ0n) is 15.3. The first-order chi connectivity index (χ1) is 12.5. The van der Waals surface area contributed by atoms with Gasteiger partial charge in [-0.05, 0) is 48.3 Å². The van der Waals surface area contributed by atoms with Gasteiger partial charge in [0.05, 0.1) is 10.4 Å². The van der Waals surface area contributed by atoms with Gasteiger partial charge in [0.2, 0.25) is 0 Å². The van der Waals surface area contributed by atoms with Crippen molar-refractivity contribution >= 4 is 47.1 Å². The van der Waals surface area contributed by atoms with E-state index in [-0.39, 0.29) is 29.9 Å². The predicted molar refractivity (Wildman–Crippen MR) is 108 cm³/mol. The highest BCUT2D eigenvalue weighted by Gasteiger charge is 2.32. The van der Waals surface area contributed by atoms with Crippen LogP contribution in [0, 0.1) is 5.82 Å². The van der Waals surface area contributed by atoms with Gasteiger partial charge in [-0.25, -0.2) is 26.7 Å². The van der Waals surface area contributed by atoms with Crippen molar-refractivity contribution in [2.75, 3.05) is 10.7 Å². The number of carbonyl (C=O) groups is 1. The number of benzene rings is 1. The van der Waals surface area contributed by atoms with Gasteiger partial charge in [-0.1, -0.05) is 18.7 Å². The first-order valence-corrected chi connectivity index (χ1v) is 11.6. The van der Waals surface area contributed by atoms with Crippen LogP contribution in [0.25, 0.3) is 6.08 Å². The summed E-state index contributed by atoms with van der Waals surface area (Å²) >= 11 is 1.00. The van der Waals surface area contributed by atoms with Gasteiger partial charge in [0.1, 0.15) is 16.4 Å². The maximum Gasteiger partial charge on any atom is 0.360 e. The van der Waals surface area contributed by atoms with E-state index >= 15 is 0 Å². The molecule has 1 aromatic carbocycles. The lowest BCUT2D eigenvalue weighted by Gasteiger charge is -2.23. The lowest BCUT2D eigenvalue weighted by molar-refractivity contribution is 0.00648. The van der Waals surface area contributed by atoms with Crippen molar-refractivity contribution in [3.05, 3.63) is 47.4 Å². The third-order valence-electron chi connectivity index (χ3n) is 3.26. The Morgan fingerprint density at radius 2 is 2.07 bits per heavy atom. The van der Waals surface area contributed by atoms with E-state index < -0.39 is 27.4 Å². The number of halogens is 1. The Morgan fingerprint density at radius 3 is 2.59 bits per heavy atom. The number of esters is 1. The maximum absolute atomic E-state index is 14.0. The average Bonchev–Trinajstić information content (AvgIpc) is 3.03. The predicted octanol–water partition coefficient (Wildman–Crippen LogP) is 4.30. The summed E-state index contributed by atoms with van der Waals surface area (Å²) in [6, 6.07) is 3.58. The molecular weight excluding hydrogens is 410 g/mol. The molecule has 146 valence electrons. The summed E-state index contributed by atoms with van der Waals surface area (Å²) in [6.45, 7) is 10.2. The van der Waals surface area contributed by atoms with Crippen molar-refractivity contribution in [2.45, 2.75) is 31.3 Å². The number of ether oxygens (including phenoxy) is 1. The standard InChI is InChI=1S/C17H20FN2O4PS2/c1-6-11-7-8-12(9-13(11)18)27(22,23)20(25-5)15-14(19-10-26-15)16(21)24-17(2,3)4/h6-10,25H,1H2,2-5H3. The van der Waals surface area contributed by atoms with Crippen LogP contribution in [0.15, 0.2) is 35.2 Å². The van der Waals surface area contributed by atoms with E-state index in [0.29, 0.717) is 0 Å². The van der Waals surface area contributed by atoms with Gasteiger partial charge in [0.15, 0.2) is 5.69 Å². The summed E-state index contributed by atoms with van der Waals surface area (Å²) in [7, 11) is -4.33. The van der Waals surface area contributed by atoms with Crippen LogP contribution in [0.5, 0.6) is 0 Å². The molecule has 0 aliphatic heterocycles. The first kappa shape index (κ1) is 21.5. The molecule has 2 aromatic rings.